The quantitative estimate of drug-likeness (QED) is 0.842. The van der Waals surface area contributed by atoms with Crippen molar-refractivity contribution in [3.05, 3.63) is 59.1 Å². The van der Waals surface area contributed by atoms with Gasteiger partial charge >= 0.3 is 0 Å². The highest BCUT2D eigenvalue weighted by Gasteiger charge is 2.09. The predicted molar refractivity (Wildman–Crippen MR) is 91.2 cm³/mol. The molecule has 0 aliphatic carbocycles. The number of carbonyl (C=O) groups is 1. The van der Waals surface area contributed by atoms with Gasteiger partial charge in [0.15, 0.2) is 6.61 Å². The molecule has 0 saturated heterocycles. The number of halogens is 1. The Bertz CT molecular complexity index is 660. The molecule has 1 amide bonds. The molecule has 5 heteroatoms. The van der Waals surface area contributed by atoms with Crippen LogP contribution in [-0.2, 0) is 4.79 Å². The van der Waals surface area contributed by atoms with Crippen molar-refractivity contribution >= 4 is 17.5 Å². The second kappa shape index (κ2) is 8.44. The Balaban J connectivity index is 1.73. The summed E-state index contributed by atoms with van der Waals surface area (Å²) >= 11 is 5.86. The van der Waals surface area contributed by atoms with Crippen LogP contribution < -0.4 is 14.8 Å². The molecule has 2 aromatic carbocycles. The maximum Gasteiger partial charge on any atom is 0.258 e. The summed E-state index contributed by atoms with van der Waals surface area (Å²) in [4.78, 5) is 11.9. The molecule has 0 aromatic heterocycles. The standard InChI is InChI=1S/C18H20ClNO3/c1-13-6-3-4-9-17(13)23-11-14(2)20-18(21)12-22-16-8-5-7-15(19)10-16/h3-10,14H,11-12H2,1-2H3,(H,20,21)/t14-/m1/s1. The van der Waals surface area contributed by atoms with Crippen molar-refractivity contribution < 1.29 is 14.3 Å². The fourth-order valence-electron chi connectivity index (χ4n) is 2.00. The van der Waals surface area contributed by atoms with Gasteiger partial charge < -0.3 is 14.8 Å². The zero-order chi connectivity index (χ0) is 16.7. The molecule has 0 unspecified atom stereocenters. The Morgan fingerprint density at radius 2 is 1.96 bits per heavy atom. The molecule has 122 valence electrons. The van der Waals surface area contributed by atoms with Gasteiger partial charge in [0.25, 0.3) is 5.91 Å². The number of aryl methyl sites for hydroxylation is 1. The molecule has 0 saturated carbocycles. The summed E-state index contributed by atoms with van der Waals surface area (Å²) < 4.78 is 11.1. The molecule has 0 aliphatic heterocycles. The average Bonchev–Trinajstić information content (AvgIpc) is 2.52. The number of ether oxygens (including phenoxy) is 2. The van der Waals surface area contributed by atoms with E-state index < -0.39 is 0 Å². The SMILES string of the molecule is Cc1ccccc1OC[C@@H](C)NC(=O)COc1cccc(Cl)c1. The van der Waals surface area contributed by atoms with Gasteiger partial charge in [0.1, 0.15) is 18.1 Å². The van der Waals surface area contributed by atoms with Gasteiger partial charge in [0, 0.05) is 5.02 Å². The van der Waals surface area contributed by atoms with Gasteiger partial charge in [-0.3, -0.25) is 4.79 Å². The van der Waals surface area contributed by atoms with Crippen molar-refractivity contribution in [1.82, 2.24) is 5.32 Å². The first-order valence-corrected chi connectivity index (χ1v) is 7.78. The van der Waals surface area contributed by atoms with Crippen LogP contribution in [0.1, 0.15) is 12.5 Å². The van der Waals surface area contributed by atoms with E-state index in [2.05, 4.69) is 5.32 Å². The first kappa shape index (κ1) is 17.2. The van der Waals surface area contributed by atoms with E-state index in [1.165, 1.54) is 0 Å². The van der Waals surface area contributed by atoms with Crippen LogP contribution >= 0.6 is 11.6 Å². The Labute approximate surface area is 141 Å². The summed E-state index contributed by atoms with van der Waals surface area (Å²) in [6.07, 6.45) is 0. The Morgan fingerprint density at radius 3 is 2.70 bits per heavy atom. The maximum atomic E-state index is 11.9. The molecular weight excluding hydrogens is 314 g/mol. The number of benzene rings is 2. The van der Waals surface area contributed by atoms with Gasteiger partial charge in [-0.05, 0) is 43.7 Å². The third kappa shape index (κ3) is 5.83. The van der Waals surface area contributed by atoms with Crippen molar-refractivity contribution in [1.29, 1.82) is 0 Å². The first-order valence-electron chi connectivity index (χ1n) is 7.41. The highest BCUT2D eigenvalue weighted by Crippen LogP contribution is 2.17. The van der Waals surface area contributed by atoms with Crippen molar-refractivity contribution in [3.63, 3.8) is 0 Å². The lowest BCUT2D eigenvalue weighted by Crippen LogP contribution is -2.39. The normalized spacial score (nSPS) is 11.6. The van der Waals surface area contributed by atoms with Crippen molar-refractivity contribution in [2.24, 2.45) is 0 Å². The molecule has 2 rings (SSSR count). The summed E-state index contributed by atoms with van der Waals surface area (Å²) in [7, 11) is 0. The Morgan fingerprint density at radius 1 is 1.17 bits per heavy atom. The first-order chi connectivity index (χ1) is 11.0. The topological polar surface area (TPSA) is 47.6 Å². The molecule has 0 bridgehead atoms. The molecule has 4 nitrogen and oxygen atoms in total. The lowest BCUT2D eigenvalue weighted by molar-refractivity contribution is -0.123. The molecule has 23 heavy (non-hydrogen) atoms. The minimum atomic E-state index is -0.203. The van der Waals surface area contributed by atoms with Crippen LogP contribution in [0.2, 0.25) is 5.02 Å². The maximum absolute atomic E-state index is 11.9. The van der Waals surface area contributed by atoms with Crippen LogP contribution in [-0.4, -0.2) is 25.2 Å². The van der Waals surface area contributed by atoms with Gasteiger partial charge in [-0.2, -0.15) is 0 Å². The number of amides is 1. The third-order valence-electron chi connectivity index (χ3n) is 3.16. The highest BCUT2D eigenvalue weighted by molar-refractivity contribution is 6.30. The van der Waals surface area contributed by atoms with E-state index >= 15 is 0 Å². The number of carbonyl (C=O) groups excluding carboxylic acids is 1. The number of para-hydroxylation sites is 1. The monoisotopic (exact) mass is 333 g/mol. The second-order valence-electron chi connectivity index (χ2n) is 5.29. The van der Waals surface area contributed by atoms with E-state index in [0.717, 1.165) is 11.3 Å². The fourth-order valence-corrected chi connectivity index (χ4v) is 2.18. The highest BCUT2D eigenvalue weighted by atomic mass is 35.5. The van der Waals surface area contributed by atoms with E-state index in [9.17, 15) is 4.79 Å². The summed E-state index contributed by atoms with van der Waals surface area (Å²) in [6, 6.07) is 14.6. The van der Waals surface area contributed by atoms with Gasteiger partial charge in [-0.1, -0.05) is 35.9 Å². The summed E-state index contributed by atoms with van der Waals surface area (Å²) in [5.41, 5.74) is 1.07. The third-order valence-corrected chi connectivity index (χ3v) is 3.39. The van der Waals surface area contributed by atoms with Gasteiger partial charge in [-0.25, -0.2) is 0 Å². The van der Waals surface area contributed by atoms with Gasteiger partial charge in [0.05, 0.1) is 6.04 Å². The number of hydrogen-bond acceptors (Lipinski definition) is 3. The molecule has 0 heterocycles. The number of hydrogen-bond donors (Lipinski definition) is 1. The molecule has 0 radical (unpaired) electrons. The Hall–Kier alpha value is -2.20. The van der Waals surface area contributed by atoms with Crippen molar-refractivity contribution in [3.8, 4) is 11.5 Å². The zero-order valence-electron chi connectivity index (χ0n) is 13.2. The van der Waals surface area contributed by atoms with E-state index in [1.54, 1.807) is 24.3 Å². The van der Waals surface area contributed by atoms with E-state index in [1.807, 2.05) is 38.1 Å². The zero-order valence-corrected chi connectivity index (χ0v) is 14.0. The van der Waals surface area contributed by atoms with Crippen LogP contribution in [0.25, 0.3) is 0 Å². The molecule has 2 aromatic rings. The Kier molecular flexibility index (Phi) is 6.29. The van der Waals surface area contributed by atoms with Gasteiger partial charge in [0.2, 0.25) is 0 Å². The lowest BCUT2D eigenvalue weighted by Gasteiger charge is -2.16. The second-order valence-corrected chi connectivity index (χ2v) is 5.73. The fraction of sp³-hybridized carbons (Fsp3) is 0.278. The van der Waals surface area contributed by atoms with E-state index in [-0.39, 0.29) is 18.6 Å². The smallest absolute Gasteiger partial charge is 0.258 e. The molecular formula is C18H20ClNO3. The van der Waals surface area contributed by atoms with Gasteiger partial charge in [-0.15, -0.1) is 0 Å². The van der Waals surface area contributed by atoms with Crippen LogP contribution in [0.15, 0.2) is 48.5 Å². The number of rotatable bonds is 7. The van der Waals surface area contributed by atoms with Crippen LogP contribution in [0.5, 0.6) is 11.5 Å². The molecule has 0 spiro atoms. The molecule has 1 atom stereocenters. The predicted octanol–water partition coefficient (Wildman–Crippen LogP) is 3.61. The number of nitrogens with one attached hydrogen (secondary N) is 1. The summed E-state index contributed by atoms with van der Waals surface area (Å²) in [6.45, 7) is 4.20. The van der Waals surface area contributed by atoms with E-state index in [0.29, 0.717) is 17.4 Å². The minimum absolute atomic E-state index is 0.0605. The molecule has 0 aliphatic rings. The van der Waals surface area contributed by atoms with E-state index in [4.69, 9.17) is 21.1 Å². The molecule has 0 fully saturated rings. The van der Waals surface area contributed by atoms with Crippen LogP contribution in [0.3, 0.4) is 0 Å². The average molecular weight is 334 g/mol. The largest absolute Gasteiger partial charge is 0.491 e. The van der Waals surface area contributed by atoms with Crippen molar-refractivity contribution in [2.45, 2.75) is 19.9 Å². The molecule has 1 N–H and O–H groups in total. The lowest BCUT2D eigenvalue weighted by atomic mass is 10.2. The van der Waals surface area contributed by atoms with Crippen molar-refractivity contribution in [2.75, 3.05) is 13.2 Å². The summed E-state index contributed by atoms with van der Waals surface area (Å²) in [5.74, 6) is 1.19. The van der Waals surface area contributed by atoms with Crippen LogP contribution in [0, 0.1) is 6.92 Å². The minimum Gasteiger partial charge on any atom is -0.491 e. The van der Waals surface area contributed by atoms with Crippen LogP contribution in [0.4, 0.5) is 0 Å². The summed E-state index contributed by atoms with van der Waals surface area (Å²) in [5, 5.41) is 3.40.